The average Bonchev–Trinajstić information content (AvgIpc) is 3.34. The van der Waals surface area contributed by atoms with E-state index in [0.29, 0.717) is 21.9 Å². The molecule has 0 spiro atoms. The predicted molar refractivity (Wildman–Crippen MR) is 239 cm³/mol. The molecule has 0 N–H and O–H groups in total. The normalized spacial score (nSPS) is 13.8. The lowest BCUT2D eigenvalue weighted by Gasteiger charge is -2.42. The van der Waals surface area contributed by atoms with Crippen LogP contribution in [-0.2, 0) is 6.42 Å². The molecular weight excluding hydrogens is 972 g/mol. The van der Waals surface area contributed by atoms with E-state index in [-0.39, 0.29) is 5.56 Å². The van der Waals surface area contributed by atoms with Gasteiger partial charge in [-0.05, 0) is 105 Å². The van der Waals surface area contributed by atoms with E-state index in [1.165, 1.54) is 12.1 Å². The summed E-state index contributed by atoms with van der Waals surface area (Å²) in [6.07, 6.45) is -11.7. The quantitative estimate of drug-likeness (QED) is 0.0650. The van der Waals surface area contributed by atoms with Crippen LogP contribution in [0.1, 0.15) is 12.0 Å². The zero-order valence-electron chi connectivity index (χ0n) is 35.9. The Morgan fingerprint density at radius 1 is 0.282 bits per heavy atom. The zero-order chi connectivity index (χ0) is 51.3. The van der Waals surface area contributed by atoms with Crippen molar-refractivity contribution in [2.24, 2.45) is 0 Å². The van der Waals surface area contributed by atoms with Crippen molar-refractivity contribution in [3.05, 3.63) is 169 Å². The highest BCUT2D eigenvalue weighted by atomic mass is 19.4. The fourth-order valence-corrected chi connectivity index (χ4v) is 9.25. The van der Waals surface area contributed by atoms with Gasteiger partial charge in [0.15, 0.2) is 0 Å². The van der Waals surface area contributed by atoms with Gasteiger partial charge in [-0.25, -0.2) is 0 Å². The first kappa shape index (κ1) is 49.1. The maximum atomic E-state index is 14.9. The summed E-state index contributed by atoms with van der Waals surface area (Å²) in [5, 5.41) is 9.11. The van der Waals surface area contributed by atoms with Crippen molar-refractivity contribution >= 4 is 53.9 Å². The largest absolute Gasteiger partial charge is 0.460 e. The summed E-state index contributed by atoms with van der Waals surface area (Å²) in [6.45, 7) is 0. The van der Waals surface area contributed by atoms with Crippen LogP contribution in [-0.4, -0.2) is 47.6 Å². The fraction of sp³-hybridized carbons (Fsp3) is 0.185. The van der Waals surface area contributed by atoms with Crippen molar-refractivity contribution in [1.82, 2.24) is 0 Å². The molecule has 0 bridgehead atoms. The van der Waals surface area contributed by atoms with Crippen molar-refractivity contribution in [1.29, 1.82) is 0 Å². The Morgan fingerprint density at radius 2 is 0.648 bits per heavy atom. The van der Waals surface area contributed by atoms with Crippen molar-refractivity contribution in [2.75, 3.05) is 0 Å². The first-order valence-corrected chi connectivity index (χ1v) is 21.4. The molecular formula is C54H31F17. The molecule has 0 saturated heterocycles. The Hall–Kier alpha value is -6.91. The lowest BCUT2D eigenvalue weighted by atomic mass is 9.83. The van der Waals surface area contributed by atoms with E-state index in [0.717, 1.165) is 77.5 Å². The van der Waals surface area contributed by atoms with Gasteiger partial charge in [0.2, 0.25) is 0 Å². The van der Waals surface area contributed by atoms with E-state index in [4.69, 9.17) is 0 Å². The zero-order valence-corrected chi connectivity index (χ0v) is 35.9. The maximum Gasteiger partial charge on any atom is 0.460 e. The molecule has 0 fully saturated rings. The van der Waals surface area contributed by atoms with Gasteiger partial charge in [-0.15, -0.1) is 0 Å². The van der Waals surface area contributed by atoms with Crippen molar-refractivity contribution in [2.45, 2.75) is 60.5 Å². The lowest BCUT2D eigenvalue weighted by molar-refractivity contribution is -0.461. The van der Waals surface area contributed by atoms with Crippen LogP contribution in [0, 0.1) is 0 Å². The molecule has 0 unspecified atom stereocenters. The summed E-state index contributed by atoms with van der Waals surface area (Å²) in [4.78, 5) is 0. The first-order valence-electron chi connectivity index (χ1n) is 21.4. The summed E-state index contributed by atoms with van der Waals surface area (Å²) in [6, 6.07) is 50.0. The number of hydrogen-bond acceptors (Lipinski definition) is 0. The molecule has 0 aliphatic carbocycles. The molecule has 0 radical (unpaired) electrons. The molecule has 0 amide bonds. The SMILES string of the molecule is FC(F)(F)C(F)(F)C(F)(F)C(F)(F)C(F)(F)C(F)(F)C(F)(F)C(F)(F)CCc1ccc(-c2c3ccccc3c(-c3ccc(-c4cc5ccccc5c5ccccc45)c4ccccc34)c3ccccc23)cc1. The summed E-state index contributed by atoms with van der Waals surface area (Å²) in [5.41, 5.74) is 4.42. The van der Waals surface area contributed by atoms with Crippen LogP contribution in [0.15, 0.2) is 164 Å². The molecule has 0 saturated carbocycles. The minimum Gasteiger partial charge on any atom is -0.200 e. The third-order valence-corrected chi connectivity index (χ3v) is 12.9. The number of fused-ring (bicyclic) bond motifs is 6. The van der Waals surface area contributed by atoms with Gasteiger partial charge < -0.3 is 0 Å². The Kier molecular flexibility index (Phi) is 11.5. The second-order valence-electron chi connectivity index (χ2n) is 17.1. The van der Waals surface area contributed by atoms with Gasteiger partial charge in [0.05, 0.1) is 0 Å². The van der Waals surface area contributed by atoms with Crippen LogP contribution in [0.25, 0.3) is 87.2 Å². The van der Waals surface area contributed by atoms with Crippen molar-refractivity contribution in [3.63, 3.8) is 0 Å². The summed E-state index contributed by atoms with van der Waals surface area (Å²) >= 11 is 0. The molecule has 0 aromatic heterocycles. The second-order valence-corrected chi connectivity index (χ2v) is 17.1. The Morgan fingerprint density at radius 3 is 1.14 bits per heavy atom. The van der Waals surface area contributed by atoms with Crippen molar-refractivity contribution in [3.8, 4) is 33.4 Å². The second kappa shape index (κ2) is 16.6. The van der Waals surface area contributed by atoms with Crippen LogP contribution in [0.2, 0.25) is 0 Å². The van der Waals surface area contributed by atoms with E-state index in [2.05, 4.69) is 36.4 Å². The monoisotopic (exact) mass is 1000 g/mol. The molecule has 0 heterocycles. The maximum absolute atomic E-state index is 14.9. The van der Waals surface area contributed by atoms with Gasteiger partial charge in [-0.2, -0.15) is 74.6 Å². The molecule has 9 aromatic carbocycles. The Labute approximate surface area is 390 Å². The summed E-state index contributed by atoms with van der Waals surface area (Å²) in [5.74, 6) is -56.6. The Balaban J connectivity index is 1.07. The topological polar surface area (TPSA) is 0 Å². The van der Waals surface area contributed by atoms with Crippen LogP contribution in [0.5, 0.6) is 0 Å². The third kappa shape index (κ3) is 7.26. The van der Waals surface area contributed by atoms with Gasteiger partial charge in [-0.1, -0.05) is 158 Å². The van der Waals surface area contributed by atoms with Crippen molar-refractivity contribution < 1.29 is 74.6 Å². The molecule has 17 heteroatoms. The van der Waals surface area contributed by atoms with E-state index >= 15 is 0 Å². The summed E-state index contributed by atoms with van der Waals surface area (Å²) < 4.78 is 236. The number of hydrogen-bond donors (Lipinski definition) is 0. The summed E-state index contributed by atoms with van der Waals surface area (Å²) in [7, 11) is 0. The number of benzene rings is 9. The number of rotatable bonds is 12. The van der Waals surface area contributed by atoms with Gasteiger partial charge in [-0.3, -0.25) is 0 Å². The lowest BCUT2D eigenvalue weighted by Crippen LogP contribution is -2.74. The van der Waals surface area contributed by atoms with Gasteiger partial charge >= 0.3 is 47.6 Å². The highest BCUT2D eigenvalue weighted by Gasteiger charge is 2.95. The third-order valence-electron chi connectivity index (χ3n) is 12.9. The average molecular weight is 1000 g/mol. The smallest absolute Gasteiger partial charge is 0.200 e. The Bertz CT molecular complexity index is 3460. The van der Waals surface area contributed by atoms with Crippen LogP contribution in [0.3, 0.4) is 0 Å². The number of aryl methyl sites for hydroxylation is 1. The molecule has 0 atom stereocenters. The van der Waals surface area contributed by atoms with E-state index < -0.39 is 60.5 Å². The first-order chi connectivity index (χ1) is 33.2. The van der Waals surface area contributed by atoms with Crippen LogP contribution >= 0.6 is 0 Å². The van der Waals surface area contributed by atoms with Gasteiger partial charge in [0, 0.05) is 6.42 Å². The van der Waals surface area contributed by atoms with Gasteiger partial charge in [0.25, 0.3) is 0 Å². The number of halogens is 17. The molecule has 366 valence electrons. The molecule has 9 aromatic rings. The molecule has 0 aliphatic rings. The predicted octanol–water partition coefficient (Wildman–Crippen LogP) is 18.4. The van der Waals surface area contributed by atoms with Crippen LogP contribution < -0.4 is 0 Å². The highest BCUT2D eigenvalue weighted by molar-refractivity contribution is 6.25. The van der Waals surface area contributed by atoms with Gasteiger partial charge in [0.1, 0.15) is 0 Å². The fourth-order valence-electron chi connectivity index (χ4n) is 9.25. The standard InChI is InChI=1S/C54H31F17/c55-47(56,48(57,58)49(59,60)50(61,62)51(63,64)52(65,66)53(67,68)54(69,70)71)28-27-30-21-23-31(24-22-30)45-39-17-7-9-19-41(39)46(42-20-10-8-18-40(42)45)43-26-25-38(35-14-4-5-15-36(35)43)44-29-32-11-1-2-12-33(32)34-13-3-6-16-37(34)44/h1-26,29H,27-28H2. The number of alkyl halides is 17. The van der Waals surface area contributed by atoms with E-state index in [1.54, 1.807) is 12.1 Å². The van der Waals surface area contributed by atoms with Crippen LogP contribution in [0.4, 0.5) is 74.6 Å². The minimum atomic E-state index is -8.67. The molecule has 71 heavy (non-hydrogen) atoms. The molecule has 0 aliphatic heterocycles. The molecule has 9 rings (SSSR count). The molecule has 0 nitrogen and oxygen atoms in total. The highest BCUT2D eigenvalue weighted by Crippen LogP contribution is 2.64. The minimum absolute atomic E-state index is 0.336. The van der Waals surface area contributed by atoms with E-state index in [1.807, 2.05) is 91.0 Å². The van der Waals surface area contributed by atoms with E-state index in [9.17, 15) is 74.6 Å².